The first kappa shape index (κ1) is 18.6. The third-order valence-corrected chi connectivity index (χ3v) is 5.00. The molecule has 0 saturated carbocycles. The van der Waals surface area contributed by atoms with Crippen molar-refractivity contribution in [2.75, 3.05) is 19.6 Å². The molecule has 2 aromatic rings. The fourth-order valence-corrected chi connectivity index (χ4v) is 3.63. The van der Waals surface area contributed by atoms with Gasteiger partial charge in [-0.15, -0.1) is 0 Å². The van der Waals surface area contributed by atoms with E-state index in [1.165, 1.54) is 12.0 Å². The molecule has 1 aromatic heterocycles. The van der Waals surface area contributed by atoms with Crippen LogP contribution in [0.3, 0.4) is 0 Å². The van der Waals surface area contributed by atoms with Crippen LogP contribution in [0.25, 0.3) is 0 Å². The molecule has 1 amide bonds. The molecule has 0 bridgehead atoms. The Kier molecular flexibility index (Phi) is 6.83. The molecule has 5 heteroatoms. The average molecular weight is 354 g/mol. The number of rotatable bonds is 8. The molecule has 1 aromatic carbocycles. The summed E-state index contributed by atoms with van der Waals surface area (Å²) in [5, 5.41) is 7.54. The molecule has 1 unspecified atom stereocenters. The number of carbonyl (C=O) groups is 1. The Hall–Kier alpha value is -2.14. The Bertz CT molecular complexity index is 682. The molecule has 2 heterocycles. The van der Waals surface area contributed by atoms with Gasteiger partial charge in [-0.1, -0.05) is 30.3 Å². The van der Waals surface area contributed by atoms with Gasteiger partial charge in [-0.3, -0.25) is 9.48 Å². The Labute approximate surface area is 156 Å². The average Bonchev–Trinajstić information content (AvgIpc) is 3.07. The van der Waals surface area contributed by atoms with Gasteiger partial charge in [0.15, 0.2) is 0 Å². The monoisotopic (exact) mass is 354 g/mol. The molecule has 1 fully saturated rings. The van der Waals surface area contributed by atoms with E-state index in [4.69, 9.17) is 0 Å². The lowest BCUT2D eigenvalue weighted by molar-refractivity contribution is -0.122. The quantitative estimate of drug-likeness (QED) is 0.793. The number of carbonyl (C=O) groups excluding carboxylic acids is 1. The second-order valence-corrected chi connectivity index (χ2v) is 7.27. The Morgan fingerprint density at radius 1 is 1.23 bits per heavy atom. The van der Waals surface area contributed by atoms with Gasteiger partial charge in [0.25, 0.3) is 0 Å². The van der Waals surface area contributed by atoms with Gasteiger partial charge >= 0.3 is 0 Å². The van der Waals surface area contributed by atoms with E-state index in [0.717, 1.165) is 44.6 Å². The highest BCUT2D eigenvalue weighted by atomic mass is 16.1. The summed E-state index contributed by atoms with van der Waals surface area (Å²) in [6, 6.07) is 12.9. The zero-order chi connectivity index (χ0) is 18.2. The van der Waals surface area contributed by atoms with Crippen LogP contribution in [-0.2, 0) is 17.8 Å². The van der Waals surface area contributed by atoms with Crippen LogP contribution in [0.1, 0.15) is 36.9 Å². The zero-order valence-electron chi connectivity index (χ0n) is 15.7. The highest BCUT2D eigenvalue weighted by Crippen LogP contribution is 2.12. The van der Waals surface area contributed by atoms with Crippen molar-refractivity contribution in [3.8, 4) is 0 Å². The van der Waals surface area contributed by atoms with Gasteiger partial charge in [0, 0.05) is 31.7 Å². The Morgan fingerprint density at radius 2 is 2.08 bits per heavy atom. The van der Waals surface area contributed by atoms with Crippen LogP contribution >= 0.6 is 0 Å². The van der Waals surface area contributed by atoms with Gasteiger partial charge in [0.05, 0.1) is 5.69 Å². The smallest absolute Gasteiger partial charge is 0.222 e. The standard InChI is InChI=1S/C21H30N4O/c1-18-11-15-25(23-18)16-12-21(26)22-20-10-6-14-24(17-20)13-5-9-19-7-3-2-4-8-19/h2-4,7-8,11,15,20H,5-6,9-10,12-14,16-17H2,1H3,(H,22,26). The number of likely N-dealkylation sites (tertiary alicyclic amines) is 1. The number of hydrogen-bond acceptors (Lipinski definition) is 3. The molecular formula is C21H30N4O. The van der Waals surface area contributed by atoms with Crippen LogP contribution in [-0.4, -0.2) is 46.3 Å². The van der Waals surface area contributed by atoms with Gasteiger partial charge in [-0.25, -0.2) is 0 Å². The molecule has 1 N–H and O–H groups in total. The maximum Gasteiger partial charge on any atom is 0.222 e. The lowest BCUT2D eigenvalue weighted by Crippen LogP contribution is -2.48. The number of nitrogens with zero attached hydrogens (tertiary/aromatic N) is 3. The van der Waals surface area contributed by atoms with E-state index < -0.39 is 0 Å². The molecule has 0 radical (unpaired) electrons. The highest BCUT2D eigenvalue weighted by Gasteiger charge is 2.20. The summed E-state index contributed by atoms with van der Waals surface area (Å²) < 4.78 is 1.84. The van der Waals surface area contributed by atoms with Crippen LogP contribution in [0.2, 0.25) is 0 Å². The van der Waals surface area contributed by atoms with Crippen molar-refractivity contribution in [1.82, 2.24) is 20.0 Å². The van der Waals surface area contributed by atoms with E-state index in [1.807, 2.05) is 23.9 Å². The molecule has 1 aliphatic rings. The van der Waals surface area contributed by atoms with Gasteiger partial charge in [0.1, 0.15) is 0 Å². The minimum absolute atomic E-state index is 0.134. The normalized spacial score (nSPS) is 18.0. The topological polar surface area (TPSA) is 50.2 Å². The molecule has 0 spiro atoms. The summed E-state index contributed by atoms with van der Waals surface area (Å²) >= 11 is 0. The fourth-order valence-electron chi connectivity index (χ4n) is 3.63. The molecule has 26 heavy (non-hydrogen) atoms. The molecule has 3 rings (SSSR count). The summed E-state index contributed by atoms with van der Waals surface area (Å²) in [7, 11) is 0. The highest BCUT2D eigenvalue weighted by molar-refractivity contribution is 5.76. The van der Waals surface area contributed by atoms with E-state index >= 15 is 0 Å². The summed E-state index contributed by atoms with van der Waals surface area (Å²) in [6.45, 7) is 5.83. The minimum atomic E-state index is 0.134. The van der Waals surface area contributed by atoms with Gasteiger partial charge in [-0.2, -0.15) is 5.10 Å². The number of piperidine rings is 1. The molecule has 5 nitrogen and oxygen atoms in total. The second-order valence-electron chi connectivity index (χ2n) is 7.27. The predicted molar refractivity (Wildman–Crippen MR) is 104 cm³/mol. The first-order chi connectivity index (χ1) is 12.7. The maximum atomic E-state index is 12.2. The SMILES string of the molecule is Cc1ccn(CCC(=O)NC2CCCN(CCCc3ccccc3)C2)n1. The van der Waals surface area contributed by atoms with Crippen LogP contribution < -0.4 is 5.32 Å². The van der Waals surface area contributed by atoms with Gasteiger partial charge in [0.2, 0.25) is 5.91 Å². The van der Waals surface area contributed by atoms with Crippen molar-refractivity contribution >= 4 is 5.91 Å². The Balaban J connectivity index is 1.35. The van der Waals surface area contributed by atoms with E-state index in [0.29, 0.717) is 13.0 Å². The van der Waals surface area contributed by atoms with Crippen LogP contribution in [0.5, 0.6) is 0 Å². The van der Waals surface area contributed by atoms with Crippen molar-refractivity contribution < 1.29 is 4.79 Å². The number of aryl methyl sites for hydroxylation is 3. The largest absolute Gasteiger partial charge is 0.352 e. The maximum absolute atomic E-state index is 12.2. The molecule has 1 aliphatic heterocycles. The molecular weight excluding hydrogens is 324 g/mol. The first-order valence-electron chi connectivity index (χ1n) is 9.75. The fraction of sp³-hybridized carbons (Fsp3) is 0.524. The summed E-state index contributed by atoms with van der Waals surface area (Å²) in [5.41, 5.74) is 2.40. The summed E-state index contributed by atoms with van der Waals surface area (Å²) in [6.07, 6.45) is 6.96. The first-order valence-corrected chi connectivity index (χ1v) is 9.75. The molecule has 140 valence electrons. The predicted octanol–water partition coefficient (Wildman–Crippen LogP) is 2.80. The second kappa shape index (κ2) is 9.53. The molecule has 0 aliphatic carbocycles. The van der Waals surface area contributed by atoms with Crippen molar-refractivity contribution in [1.29, 1.82) is 0 Å². The van der Waals surface area contributed by atoms with Crippen molar-refractivity contribution in [3.63, 3.8) is 0 Å². The Morgan fingerprint density at radius 3 is 2.85 bits per heavy atom. The zero-order valence-corrected chi connectivity index (χ0v) is 15.7. The minimum Gasteiger partial charge on any atom is -0.352 e. The summed E-state index contributed by atoms with van der Waals surface area (Å²) in [5.74, 6) is 0.134. The van der Waals surface area contributed by atoms with Gasteiger partial charge < -0.3 is 10.2 Å². The van der Waals surface area contributed by atoms with Crippen molar-refractivity contribution in [2.24, 2.45) is 0 Å². The van der Waals surface area contributed by atoms with E-state index in [2.05, 4.69) is 45.6 Å². The molecule has 1 saturated heterocycles. The molecule has 1 atom stereocenters. The van der Waals surface area contributed by atoms with E-state index in [1.54, 1.807) is 0 Å². The number of amides is 1. The number of hydrogen-bond donors (Lipinski definition) is 1. The number of benzene rings is 1. The van der Waals surface area contributed by atoms with Crippen LogP contribution in [0.4, 0.5) is 0 Å². The lowest BCUT2D eigenvalue weighted by Gasteiger charge is -2.33. The van der Waals surface area contributed by atoms with Crippen LogP contribution in [0.15, 0.2) is 42.6 Å². The third-order valence-electron chi connectivity index (χ3n) is 5.00. The lowest BCUT2D eigenvalue weighted by atomic mass is 10.0. The number of nitrogens with one attached hydrogen (secondary N) is 1. The number of aromatic nitrogens is 2. The van der Waals surface area contributed by atoms with E-state index in [-0.39, 0.29) is 11.9 Å². The van der Waals surface area contributed by atoms with Gasteiger partial charge in [-0.05, 0) is 57.3 Å². The summed E-state index contributed by atoms with van der Waals surface area (Å²) in [4.78, 5) is 14.7. The third kappa shape index (κ3) is 5.99. The van der Waals surface area contributed by atoms with Crippen LogP contribution in [0, 0.1) is 6.92 Å². The van der Waals surface area contributed by atoms with Crippen molar-refractivity contribution in [3.05, 3.63) is 53.9 Å². The van der Waals surface area contributed by atoms with Crippen molar-refractivity contribution in [2.45, 2.75) is 51.6 Å². The van der Waals surface area contributed by atoms with E-state index in [9.17, 15) is 4.79 Å².